The van der Waals surface area contributed by atoms with Crippen molar-refractivity contribution in [2.24, 2.45) is 0 Å². The summed E-state index contributed by atoms with van der Waals surface area (Å²) in [6.07, 6.45) is 9.51. The largest absolute Gasteiger partial charge is 0.355 e. The van der Waals surface area contributed by atoms with Gasteiger partial charge in [0.1, 0.15) is 23.3 Å². The molecule has 4 aromatic heterocycles. The zero-order valence-electron chi connectivity index (χ0n) is 21.9. The Morgan fingerprint density at radius 3 is 0.816 bits per heavy atom. The van der Waals surface area contributed by atoms with Crippen LogP contribution >= 0.6 is 0 Å². The average molecular weight is 509 g/mol. The molecule has 4 aromatic rings. The molecule has 0 unspecified atom stereocenters. The highest BCUT2D eigenvalue weighted by Crippen LogP contribution is 2.18. The third-order valence-electron chi connectivity index (χ3n) is 6.88. The lowest BCUT2D eigenvalue weighted by Crippen LogP contribution is -2.42. The molecule has 0 aliphatic carbocycles. The van der Waals surface area contributed by atoms with E-state index in [0.717, 1.165) is 88.5 Å². The Balaban J connectivity index is 1.39. The normalized spacial score (nSPS) is 16.2. The van der Waals surface area contributed by atoms with Crippen LogP contribution in [-0.2, 0) is 0 Å². The van der Waals surface area contributed by atoms with Crippen molar-refractivity contribution >= 4 is 23.3 Å². The van der Waals surface area contributed by atoms with E-state index in [1.165, 1.54) is 0 Å². The van der Waals surface area contributed by atoms with Crippen LogP contribution in [0, 0.1) is 0 Å². The number of nitrogens with zero attached hydrogens (tertiary/aromatic N) is 8. The summed E-state index contributed by atoms with van der Waals surface area (Å²) in [7, 11) is 0. The minimum absolute atomic E-state index is 0.876. The molecule has 0 aromatic carbocycles. The van der Waals surface area contributed by atoms with Crippen molar-refractivity contribution in [1.29, 1.82) is 0 Å². The smallest absolute Gasteiger partial charge is 0.128 e. The van der Waals surface area contributed by atoms with Gasteiger partial charge in [-0.1, -0.05) is 24.3 Å². The molecular weight excluding hydrogens is 472 g/mol. The summed E-state index contributed by atoms with van der Waals surface area (Å²) in [5.41, 5.74) is 0. The van der Waals surface area contributed by atoms with Gasteiger partial charge in [-0.05, 0) is 61.4 Å². The van der Waals surface area contributed by atoms with Crippen molar-refractivity contribution in [1.82, 2.24) is 19.9 Å². The summed E-state index contributed by atoms with van der Waals surface area (Å²) in [6, 6.07) is 24.6. The molecule has 38 heavy (non-hydrogen) atoms. The van der Waals surface area contributed by atoms with E-state index in [1.54, 1.807) is 0 Å². The van der Waals surface area contributed by atoms with Gasteiger partial charge in [-0.25, -0.2) is 19.9 Å². The fourth-order valence-electron chi connectivity index (χ4n) is 4.91. The zero-order chi connectivity index (χ0) is 25.8. The minimum atomic E-state index is 0.876. The van der Waals surface area contributed by atoms with Gasteiger partial charge in [0.25, 0.3) is 0 Å². The Hall–Kier alpha value is -4.20. The van der Waals surface area contributed by atoms with E-state index in [-0.39, 0.29) is 0 Å². The Kier molecular flexibility index (Phi) is 8.96. The molecular formula is C30H36N8. The number of hydrogen-bond acceptors (Lipinski definition) is 8. The molecule has 1 fully saturated rings. The molecule has 0 saturated carbocycles. The summed E-state index contributed by atoms with van der Waals surface area (Å²) in [4.78, 5) is 28.3. The first kappa shape index (κ1) is 25.4. The third kappa shape index (κ3) is 6.97. The van der Waals surface area contributed by atoms with Crippen LogP contribution in [0.3, 0.4) is 0 Å². The molecule has 1 aliphatic heterocycles. The standard InChI is InChI=1S/C30H36N8/c1-5-15-31-27(11-1)35-19-9-20-37(29-13-3-7-17-33-29)25-26-38(30-14-4-8-18-34-30)22-10-21-36(24-23-35)28-12-2-6-16-32-28/h1-8,11-18H,9-10,19-26H2. The van der Waals surface area contributed by atoms with E-state index >= 15 is 0 Å². The van der Waals surface area contributed by atoms with Crippen molar-refractivity contribution in [3.05, 3.63) is 97.6 Å². The van der Waals surface area contributed by atoms with Crippen molar-refractivity contribution in [3.63, 3.8) is 0 Å². The Morgan fingerprint density at radius 1 is 0.342 bits per heavy atom. The first-order valence-corrected chi connectivity index (χ1v) is 13.5. The van der Waals surface area contributed by atoms with E-state index in [2.05, 4.69) is 88.1 Å². The molecule has 196 valence electrons. The van der Waals surface area contributed by atoms with Crippen LogP contribution in [0.5, 0.6) is 0 Å². The van der Waals surface area contributed by atoms with Gasteiger partial charge in [0.05, 0.1) is 0 Å². The molecule has 0 amide bonds. The highest BCUT2D eigenvalue weighted by Gasteiger charge is 2.17. The lowest BCUT2D eigenvalue weighted by atomic mass is 10.2. The first-order chi connectivity index (χ1) is 18.9. The zero-order valence-corrected chi connectivity index (χ0v) is 21.9. The van der Waals surface area contributed by atoms with Crippen molar-refractivity contribution < 1.29 is 0 Å². The molecule has 0 atom stereocenters. The average Bonchev–Trinajstić information content (AvgIpc) is 2.99. The predicted molar refractivity (Wildman–Crippen MR) is 155 cm³/mol. The number of anilines is 4. The first-order valence-electron chi connectivity index (χ1n) is 13.5. The summed E-state index contributed by atoms with van der Waals surface area (Å²) >= 11 is 0. The van der Waals surface area contributed by atoms with E-state index in [4.69, 9.17) is 0 Å². The van der Waals surface area contributed by atoms with E-state index in [0.29, 0.717) is 0 Å². The van der Waals surface area contributed by atoms with Gasteiger partial charge in [-0.3, -0.25) is 0 Å². The van der Waals surface area contributed by atoms with Gasteiger partial charge in [-0.15, -0.1) is 0 Å². The molecule has 0 bridgehead atoms. The van der Waals surface area contributed by atoms with Gasteiger partial charge < -0.3 is 19.6 Å². The highest BCUT2D eigenvalue weighted by atomic mass is 15.3. The second kappa shape index (κ2) is 13.4. The Labute approximate surface area is 225 Å². The number of aromatic nitrogens is 4. The number of pyridine rings is 4. The molecule has 5 rings (SSSR count). The number of rotatable bonds is 4. The SMILES string of the molecule is c1ccc(N2CCCN(c3ccccn3)CCN(c3ccccn3)CCCN(c3ccccn3)CC2)nc1. The Bertz CT molecular complexity index is 1000. The summed E-state index contributed by atoms with van der Waals surface area (Å²) in [6.45, 7) is 7.17. The molecule has 8 nitrogen and oxygen atoms in total. The second-order valence-corrected chi connectivity index (χ2v) is 9.41. The lowest BCUT2D eigenvalue weighted by molar-refractivity contribution is 0.623. The maximum absolute atomic E-state index is 4.67. The second-order valence-electron chi connectivity index (χ2n) is 9.41. The van der Waals surface area contributed by atoms with Crippen LogP contribution in [0.15, 0.2) is 97.6 Å². The minimum Gasteiger partial charge on any atom is -0.355 e. The maximum Gasteiger partial charge on any atom is 0.128 e. The van der Waals surface area contributed by atoms with Crippen LogP contribution < -0.4 is 19.6 Å². The van der Waals surface area contributed by atoms with Crippen LogP contribution in [0.2, 0.25) is 0 Å². The number of hydrogen-bond donors (Lipinski definition) is 0. The van der Waals surface area contributed by atoms with Gasteiger partial charge in [0.15, 0.2) is 0 Å². The lowest BCUT2D eigenvalue weighted by Gasteiger charge is -2.33. The van der Waals surface area contributed by atoms with Gasteiger partial charge in [-0.2, -0.15) is 0 Å². The van der Waals surface area contributed by atoms with E-state index in [9.17, 15) is 0 Å². The van der Waals surface area contributed by atoms with Gasteiger partial charge in [0, 0.05) is 77.1 Å². The maximum atomic E-state index is 4.67. The van der Waals surface area contributed by atoms with Gasteiger partial charge >= 0.3 is 0 Å². The van der Waals surface area contributed by atoms with Gasteiger partial charge in [0.2, 0.25) is 0 Å². The monoisotopic (exact) mass is 508 g/mol. The van der Waals surface area contributed by atoms with Crippen molar-refractivity contribution in [2.45, 2.75) is 12.8 Å². The Morgan fingerprint density at radius 2 is 0.605 bits per heavy atom. The third-order valence-corrected chi connectivity index (χ3v) is 6.88. The summed E-state index contributed by atoms with van der Waals surface area (Å²) in [5, 5.41) is 0. The molecule has 0 N–H and O–H groups in total. The van der Waals surface area contributed by atoms with E-state index < -0.39 is 0 Å². The molecule has 1 saturated heterocycles. The van der Waals surface area contributed by atoms with E-state index in [1.807, 2.05) is 49.1 Å². The molecule has 0 radical (unpaired) electrons. The van der Waals surface area contributed by atoms with Crippen LogP contribution in [0.4, 0.5) is 23.3 Å². The molecule has 5 heterocycles. The topological polar surface area (TPSA) is 64.5 Å². The quantitative estimate of drug-likeness (QED) is 0.402. The summed E-state index contributed by atoms with van der Waals surface area (Å²) < 4.78 is 0. The fraction of sp³-hybridized carbons (Fsp3) is 0.333. The highest BCUT2D eigenvalue weighted by molar-refractivity contribution is 5.43. The molecule has 0 spiro atoms. The fourth-order valence-corrected chi connectivity index (χ4v) is 4.91. The van der Waals surface area contributed by atoms with Crippen LogP contribution in [0.25, 0.3) is 0 Å². The molecule has 1 aliphatic rings. The predicted octanol–water partition coefficient (Wildman–Crippen LogP) is 4.39. The van der Waals surface area contributed by atoms with Crippen molar-refractivity contribution in [3.8, 4) is 0 Å². The van der Waals surface area contributed by atoms with Crippen molar-refractivity contribution in [2.75, 3.05) is 72.0 Å². The van der Waals surface area contributed by atoms with Crippen LogP contribution in [0.1, 0.15) is 12.8 Å². The summed E-state index contributed by atoms with van der Waals surface area (Å²) in [5.74, 6) is 4.08. The van der Waals surface area contributed by atoms with Crippen LogP contribution in [-0.4, -0.2) is 72.3 Å². The molecule has 8 heteroatoms.